The maximum absolute atomic E-state index is 11.1. The fourth-order valence-corrected chi connectivity index (χ4v) is 2.98. The van der Waals surface area contributed by atoms with E-state index in [4.69, 9.17) is 4.74 Å². The Morgan fingerprint density at radius 1 is 1.31 bits per heavy atom. The fourth-order valence-electron chi connectivity index (χ4n) is 2.98. The van der Waals surface area contributed by atoms with Crippen molar-refractivity contribution in [2.24, 2.45) is 0 Å². The summed E-state index contributed by atoms with van der Waals surface area (Å²) in [5.41, 5.74) is 3.18. The van der Waals surface area contributed by atoms with Crippen molar-refractivity contribution in [1.82, 2.24) is 16.0 Å². The Bertz CT molecular complexity index is 711. The molecule has 3 rings (SSSR count). The van der Waals surface area contributed by atoms with E-state index in [0.29, 0.717) is 12.6 Å². The van der Waals surface area contributed by atoms with Gasteiger partial charge in [0.05, 0.1) is 6.10 Å². The topological polar surface area (TPSA) is 62.4 Å². The lowest BCUT2D eigenvalue weighted by Gasteiger charge is -2.32. The van der Waals surface area contributed by atoms with Crippen LogP contribution < -0.4 is 16.0 Å². The van der Waals surface area contributed by atoms with Crippen molar-refractivity contribution in [3.8, 4) is 11.8 Å². The first-order valence-electron chi connectivity index (χ1n) is 9.30. The predicted octanol–water partition coefficient (Wildman–Crippen LogP) is 2.03. The molecule has 5 heteroatoms. The van der Waals surface area contributed by atoms with Gasteiger partial charge in [0.2, 0.25) is 5.91 Å². The summed E-state index contributed by atoms with van der Waals surface area (Å²) in [7, 11) is 0. The van der Waals surface area contributed by atoms with Crippen LogP contribution in [-0.2, 0) is 16.0 Å². The van der Waals surface area contributed by atoms with Gasteiger partial charge in [-0.25, -0.2) is 0 Å². The first-order valence-corrected chi connectivity index (χ1v) is 9.30. The number of hydrogen-bond donors (Lipinski definition) is 3. The van der Waals surface area contributed by atoms with Gasteiger partial charge in [-0.3, -0.25) is 10.1 Å². The molecule has 0 aromatic heterocycles. The third-order valence-electron chi connectivity index (χ3n) is 4.58. The van der Waals surface area contributed by atoms with Crippen molar-refractivity contribution in [3.05, 3.63) is 47.2 Å². The Morgan fingerprint density at radius 3 is 2.65 bits per heavy atom. The number of carbonyl (C=O) groups is 1. The molecule has 2 unspecified atom stereocenters. The maximum atomic E-state index is 11.1. The second kappa shape index (κ2) is 8.88. The van der Waals surface area contributed by atoms with Gasteiger partial charge in [-0.05, 0) is 50.3 Å². The van der Waals surface area contributed by atoms with E-state index in [-0.39, 0.29) is 18.3 Å². The lowest BCUT2D eigenvalue weighted by Crippen LogP contribution is -2.49. The number of carbonyl (C=O) groups excluding carboxylic acids is 1. The van der Waals surface area contributed by atoms with Gasteiger partial charge in [-0.1, -0.05) is 24.0 Å². The number of ether oxygens (including phenoxy) is 1. The zero-order valence-electron chi connectivity index (χ0n) is 15.5. The summed E-state index contributed by atoms with van der Waals surface area (Å²) in [6.45, 7) is 4.26. The van der Waals surface area contributed by atoms with Crippen molar-refractivity contribution >= 4 is 5.91 Å². The highest BCUT2D eigenvalue weighted by Crippen LogP contribution is 2.22. The molecule has 1 aromatic carbocycles. The number of rotatable bonds is 5. The zero-order valence-corrected chi connectivity index (χ0v) is 15.5. The molecule has 0 bridgehead atoms. The van der Waals surface area contributed by atoms with Crippen LogP contribution in [-0.4, -0.2) is 30.9 Å². The van der Waals surface area contributed by atoms with Crippen molar-refractivity contribution in [1.29, 1.82) is 0 Å². The SMILES string of the molecule is CC(=O)NC(C)Cc1ccc(C#CC2=CNC(OC3CCC3)NC2)cc1. The van der Waals surface area contributed by atoms with Crippen molar-refractivity contribution in [2.45, 2.75) is 58.0 Å². The molecule has 0 radical (unpaired) electrons. The van der Waals surface area contributed by atoms with E-state index in [0.717, 1.165) is 30.4 Å². The van der Waals surface area contributed by atoms with Gasteiger partial charge in [0.1, 0.15) is 0 Å². The van der Waals surface area contributed by atoms with Crippen LogP contribution in [0, 0.1) is 11.8 Å². The predicted molar refractivity (Wildman–Crippen MR) is 102 cm³/mol. The first-order chi connectivity index (χ1) is 12.6. The molecule has 26 heavy (non-hydrogen) atoms. The number of hydrogen-bond acceptors (Lipinski definition) is 4. The second-order valence-corrected chi connectivity index (χ2v) is 7.04. The molecule has 1 fully saturated rings. The summed E-state index contributed by atoms with van der Waals surface area (Å²) in [6.07, 6.45) is 6.65. The summed E-state index contributed by atoms with van der Waals surface area (Å²) in [4.78, 5) is 11.1. The number of amides is 1. The molecule has 1 saturated carbocycles. The average molecular weight is 353 g/mol. The van der Waals surface area contributed by atoms with Crippen LogP contribution >= 0.6 is 0 Å². The third kappa shape index (κ3) is 5.62. The lowest BCUT2D eigenvalue weighted by molar-refractivity contribution is -0.119. The minimum absolute atomic E-state index is 0.00304. The van der Waals surface area contributed by atoms with Crippen molar-refractivity contribution in [3.63, 3.8) is 0 Å². The molecule has 1 aromatic rings. The zero-order chi connectivity index (χ0) is 18.4. The van der Waals surface area contributed by atoms with Crippen LogP contribution in [0.15, 0.2) is 36.0 Å². The highest BCUT2D eigenvalue weighted by atomic mass is 16.5. The summed E-state index contributed by atoms with van der Waals surface area (Å²) < 4.78 is 5.87. The molecule has 1 amide bonds. The van der Waals surface area contributed by atoms with Crippen LogP contribution in [0.25, 0.3) is 0 Å². The van der Waals surface area contributed by atoms with E-state index in [1.807, 2.05) is 25.3 Å². The molecule has 5 nitrogen and oxygen atoms in total. The minimum Gasteiger partial charge on any atom is -0.354 e. The van der Waals surface area contributed by atoms with Crippen LogP contribution in [0.5, 0.6) is 0 Å². The normalized spacial score (nSPS) is 20.7. The summed E-state index contributed by atoms with van der Waals surface area (Å²) in [5.74, 6) is 6.40. The van der Waals surface area contributed by atoms with Crippen LogP contribution in [0.1, 0.15) is 44.2 Å². The van der Waals surface area contributed by atoms with Gasteiger partial charge in [-0.2, -0.15) is 0 Å². The molecule has 0 saturated heterocycles. The standard InChI is InChI=1S/C21H27N3O2/c1-15(24-16(2)25)12-18-9-6-17(7-10-18)8-11-19-13-22-21(23-14-19)26-20-4-3-5-20/h6-7,9-10,13,15,20-23H,3-5,12,14H2,1-2H3,(H,24,25). The maximum Gasteiger partial charge on any atom is 0.217 e. The van der Waals surface area contributed by atoms with E-state index in [1.165, 1.54) is 12.0 Å². The third-order valence-corrected chi connectivity index (χ3v) is 4.58. The van der Waals surface area contributed by atoms with E-state index in [1.54, 1.807) is 6.92 Å². The van der Waals surface area contributed by atoms with Crippen molar-refractivity contribution < 1.29 is 9.53 Å². The first kappa shape index (κ1) is 18.5. The Morgan fingerprint density at radius 2 is 2.08 bits per heavy atom. The highest BCUT2D eigenvalue weighted by Gasteiger charge is 2.23. The molecule has 3 N–H and O–H groups in total. The molecule has 2 aliphatic rings. The minimum atomic E-state index is -0.101. The van der Waals surface area contributed by atoms with Gasteiger partial charge >= 0.3 is 0 Å². The van der Waals surface area contributed by atoms with Crippen LogP contribution in [0.3, 0.4) is 0 Å². The quantitative estimate of drug-likeness (QED) is 0.709. The molecule has 0 spiro atoms. The smallest absolute Gasteiger partial charge is 0.217 e. The average Bonchev–Trinajstić information content (AvgIpc) is 2.58. The monoisotopic (exact) mass is 353 g/mol. The van der Waals surface area contributed by atoms with Crippen molar-refractivity contribution in [2.75, 3.05) is 6.54 Å². The summed E-state index contributed by atoms with van der Waals surface area (Å²) >= 11 is 0. The van der Waals surface area contributed by atoms with E-state index in [9.17, 15) is 4.79 Å². The van der Waals surface area contributed by atoms with Gasteiger partial charge in [0.25, 0.3) is 0 Å². The number of benzene rings is 1. The van der Waals surface area contributed by atoms with E-state index >= 15 is 0 Å². The number of nitrogens with one attached hydrogen (secondary N) is 3. The van der Waals surface area contributed by atoms with Crippen LogP contribution in [0.2, 0.25) is 0 Å². The highest BCUT2D eigenvalue weighted by molar-refractivity contribution is 5.73. The molecule has 138 valence electrons. The lowest BCUT2D eigenvalue weighted by atomic mass is 9.96. The molecule has 2 atom stereocenters. The summed E-state index contributed by atoms with van der Waals surface area (Å²) in [5, 5.41) is 9.43. The van der Waals surface area contributed by atoms with Gasteiger partial charge in [0.15, 0.2) is 6.35 Å². The molecule has 1 aliphatic heterocycles. The van der Waals surface area contributed by atoms with Crippen LogP contribution in [0.4, 0.5) is 0 Å². The Kier molecular flexibility index (Phi) is 6.32. The van der Waals surface area contributed by atoms with Gasteiger partial charge in [-0.15, -0.1) is 0 Å². The summed E-state index contributed by atoms with van der Waals surface area (Å²) in [6, 6.07) is 8.31. The molecular formula is C21H27N3O2. The Hall–Kier alpha value is -2.29. The van der Waals surface area contributed by atoms with Gasteiger partial charge in [0, 0.05) is 36.8 Å². The Balaban J connectivity index is 1.49. The second-order valence-electron chi connectivity index (χ2n) is 7.04. The molecule has 1 heterocycles. The Labute approximate surface area is 155 Å². The molecule has 1 aliphatic carbocycles. The van der Waals surface area contributed by atoms with Gasteiger partial charge < -0.3 is 15.4 Å². The largest absolute Gasteiger partial charge is 0.354 e. The van der Waals surface area contributed by atoms with E-state index in [2.05, 4.69) is 39.9 Å². The fraction of sp³-hybridized carbons (Fsp3) is 0.476. The van der Waals surface area contributed by atoms with E-state index < -0.39 is 0 Å². The molecular weight excluding hydrogens is 326 g/mol.